The maximum Gasteiger partial charge on any atom is 0.404 e. The molecule has 0 aliphatic rings. The van der Waals surface area contributed by atoms with Crippen LogP contribution < -0.4 is 10.0 Å². The lowest BCUT2D eigenvalue weighted by Crippen LogP contribution is -2.55. The number of carboxylic acid groups (broad SMARTS) is 1. The second-order valence-electron chi connectivity index (χ2n) is 9.24. The molecule has 0 fully saturated rings. The Labute approximate surface area is 210 Å². The molecule has 12 heteroatoms. The van der Waals surface area contributed by atoms with E-state index in [-0.39, 0.29) is 24.2 Å². The Morgan fingerprint density at radius 3 is 2.42 bits per heavy atom. The van der Waals surface area contributed by atoms with Crippen molar-refractivity contribution in [3.8, 4) is 6.07 Å². The third-order valence-corrected chi connectivity index (χ3v) is 7.25. The second-order valence-corrected chi connectivity index (χ2v) is 11.0. The molecule has 11 nitrogen and oxygen atoms in total. The zero-order valence-corrected chi connectivity index (χ0v) is 20.8. The highest BCUT2D eigenvalue weighted by Crippen LogP contribution is 2.31. The fraction of sp³-hybridized carbons (Fsp3) is 0.417. The van der Waals surface area contributed by atoms with E-state index < -0.39 is 50.3 Å². The van der Waals surface area contributed by atoms with Crippen molar-refractivity contribution in [2.24, 2.45) is 5.41 Å². The van der Waals surface area contributed by atoms with Gasteiger partial charge in [-0.05, 0) is 36.3 Å². The summed E-state index contributed by atoms with van der Waals surface area (Å²) in [6.45, 7) is 3.62. The number of carbonyl (C=O) groups is 1. The molecule has 0 aromatic heterocycles. The molecule has 0 aliphatic heterocycles. The van der Waals surface area contributed by atoms with E-state index in [0.29, 0.717) is 6.42 Å². The molecule has 1 amide bonds. The Kier molecular flexibility index (Phi) is 9.92. The first-order chi connectivity index (χ1) is 16.8. The number of rotatable bonds is 13. The summed E-state index contributed by atoms with van der Waals surface area (Å²) in [6, 6.07) is 13.1. The van der Waals surface area contributed by atoms with E-state index in [0.717, 1.165) is 17.7 Å². The molecule has 0 aliphatic carbocycles. The minimum absolute atomic E-state index is 0.0661. The number of nitrogens with one attached hydrogen (secondary N) is 2. The zero-order valence-electron chi connectivity index (χ0n) is 20.0. The highest BCUT2D eigenvalue weighted by atomic mass is 32.2. The van der Waals surface area contributed by atoms with Crippen molar-refractivity contribution < 1.29 is 28.3 Å². The summed E-state index contributed by atoms with van der Waals surface area (Å²) in [5.41, 5.74) is -0.300. The predicted octanol–water partition coefficient (Wildman–Crippen LogP) is 3.20. The van der Waals surface area contributed by atoms with E-state index in [4.69, 9.17) is 5.26 Å². The van der Waals surface area contributed by atoms with E-state index in [1.807, 2.05) is 19.9 Å². The number of aliphatic hydroxyl groups is 1. The van der Waals surface area contributed by atoms with Gasteiger partial charge in [-0.15, -0.1) is 0 Å². The van der Waals surface area contributed by atoms with Crippen LogP contribution >= 0.6 is 0 Å². The summed E-state index contributed by atoms with van der Waals surface area (Å²) in [4.78, 5) is 21.5. The number of hydrogen-bond donors (Lipinski definition) is 4. The third-order valence-electron chi connectivity index (χ3n) is 5.76. The number of sulfonamides is 1. The summed E-state index contributed by atoms with van der Waals surface area (Å²) < 4.78 is 28.8. The molecule has 0 saturated heterocycles. The van der Waals surface area contributed by atoms with Gasteiger partial charge in [0.2, 0.25) is 10.0 Å². The van der Waals surface area contributed by atoms with E-state index >= 15 is 0 Å². The lowest BCUT2D eigenvalue weighted by atomic mass is 9.79. The van der Waals surface area contributed by atoms with Gasteiger partial charge in [0.1, 0.15) is 0 Å². The number of benzene rings is 2. The predicted molar refractivity (Wildman–Crippen MR) is 132 cm³/mol. The Bertz CT molecular complexity index is 1200. The average Bonchev–Trinajstić information content (AvgIpc) is 2.81. The van der Waals surface area contributed by atoms with Gasteiger partial charge in [0.25, 0.3) is 5.69 Å². The molecule has 36 heavy (non-hydrogen) atoms. The van der Waals surface area contributed by atoms with Crippen molar-refractivity contribution in [3.05, 3.63) is 70.3 Å². The maximum atomic E-state index is 13.2. The SMILES string of the molecule is CC(C)(CCC#N)CC(NS(=O)(=O)c1cccc([N+](=O)[O-])c1)[C@H](O)[C@H](Cc1ccccc1)NC(=O)O. The first-order valence-electron chi connectivity index (χ1n) is 11.2. The molecule has 2 aromatic carbocycles. The van der Waals surface area contributed by atoms with Gasteiger partial charge in [-0.2, -0.15) is 5.26 Å². The second kappa shape index (κ2) is 12.4. The topological polar surface area (TPSA) is 183 Å². The molecule has 0 spiro atoms. The van der Waals surface area contributed by atoms with Crippen LogP contribution in [-0.4, -0.2) is 47.8 Å². The number of amides is 1. The first-order valence-corrected chi connectivity index (χ1v) is 12.7. The van der Waals surface area contributed by atoms with Crippen LogP contribution in [0.4, 0.5) is 10.5 Å². The normalized spacial score (nSPS) is 14.3. The quantitative estimate of drug-likeness (QED) is 0.230. The van der Waals surface area contributed by atoms with Crippen LogP contribution in [0.25, 0.3) is 0 Å². The fourth-order valence-corrected chi connectivity index (χ4v) is 5.21. The van der Waals surface area contributed by atoms with Gasteiger partial charge in [0.05, 0.1) is 34.1 Å². The third kappa shape index (κ3) is 8.60. The molecule has 2 aromatic rings. The molecule has 0 bridgehead atoms. The fourth-order valence-electron chi connectivity index (χ4n) is 3.92. The van der Waals surface area contributed by atoms with Gasteiger partial charge in [-0.1, -0.05) is 50.2 Å². The molecule has 0 heterocycles. The van der Waals surface area contributed by atoms with Gasteiger partial charge in [-0.25, -0.2) is 17.9 Å². The van der Waals surface area contributed by atoms with Crippen molar-refractivity contribution in [3.63, 3.8) is 0 Å². The van der Waals surface area contributed by atoms with Crippen molar-refractivity contribution in [1.82, 2.24) is 10.0 Å². The highest BCUT2D eigenvalue weighted by Gasteiger charge is 2.36. The van der Waals surface area contributed by atoms with Crippen LogP contribution in [-0.2, 0) is 16.4 Å². The first kappa shape index (κ1) is 28.7. The van der Waals surface area contributed by atoms with Crippen LogP contribution in [0.5, 0.6) is 0 Å². The van der Waals surface area contributed by atoms with Crippen LogP contribution in [0.15, 0.2) is 59.5 Å². The van der Waals surface area contributed by atoms with E-state index in [1.165, 1.54) is 12.1 Å². The number of hydrogen-bond acceptors (Lipinski definition) is 7. The number of nitro groups is 1. The molecular formula is C24H30N4O7S. The van der Waals surface area contributed by atoms with E-state index in [2.05, 4.69) is 10.0 Å². The zero-order chi connectivity index (χ0) is 26.9. The Balaban J connectivity index is 2.44. The Hall–Kier alpha value is -3.53. The van der Waals surface area contributed by atoms with Crippen molar-refractivity contribution in [1.29, 1.82) is 5.26 Å². The maximum absolute atomic E-state index is 13.2. The Morgan fingerprint density at radius 1 is 1.17 bits per heavy atom. The number of aliphatic hydroxyl groups excluding tert-OH is 1. The number of nitrogens with zero attached hydrogens (tertiary/aromatic N) is 2. The molecule has 3 atom stereocenters. The minimum Gasteiger partial charge on any atom is -0.465 e. The number of nitro benzene ring substituents is 1. The van der Waals surface area contributed by atoms with Gasteiger partial charge in [-0.3, -0.25) is 10.1 Å². The molecular weight excluding hydrogens is 488 g/mol. The van der Waals surface area contributed by atoms with Crippen molar-refractivity contribution in [2.75, 3.05) is 0 Å². The molecule has 2 rings (SSSR count). The highest BCUT2D eigenvalue weighted by molar-refractivity contribution is 7.89. The van der Waals surface area contributed by atoms with Crippen LogP contribution in [0.3, 0.4) is 0 Å². The Morgan fingerprint density at radius 2 is 1.83 bits per heavy atom. The summed E-state index contributed by atoms with van der Waals surface area (Å²) in [5.74, 6) is 0. The van der Waals surface area contributed by atoms with Crippen LogP contribution in [0, 0.1) is 26.9 Å². The lowest BCUT2D eigenvalue weighted by molar-refractivity contribution is -0.385. The van der Waals surface area contributed by atoms with Gasteiger partial charge >= 0.3 is 6.09 Å². The van der Waals surface area contributed by atoms with Gasteiger partial charge in [0, 0.05) is 18.6 Å². The van der Waals surface area contributed by atoms with Crippen molar-refractivity contribution >= 4 is 21.8 Å². The average molecular weight is 519 g/mol. The summed E-state index contributed by atoms with van der Waals surface area (Å²) in [6.07, 6.45) is -2.14. The number of non-ortho nitro benzene ring substituents is 1. The largest absolute Gasteiger partial charge is 0.465 e. The minimum atomic E-state index is -4.34. The van der Waals surface area contributed by atoms with Crippen LogP contribution in [0.2, 0.25) is 0 Å². The lowest BCUT2D eigenvalue weighted by Gasteiger charge is -2.35. The summed E-state index contributed by atoms with van der Waals surface area (Å²) >= 11 is 0. The smallest absolute Gasteiger partial charge is 0.404 e. The van der Waals surface area contributed by atoms with E-state index in [9.17, 15) is 33.5 Å². The standard InChI is InChI=1S/C24H30N4O7S/c1-24(2,12-7-13-25)16-21(27-36(34,35)19-11-6-10-18(15-19)28(32)33)22(29)20(26-23(30)31)14-17-8-4-3-5-9-17/h3-6,8-11,15,20-22,26-27,29H,7,12,14,16H2,1-2H3,(H,30,31)/t20-,21?,22+/m0/s1. The summed E-state index contributed by atoms with van der Waals surface area (Å²) in [5, 5.41) is 43.1. The van der Waals surface area contributed by atoms with E-state index in [1.54, 1.807) is 30.3 Å². The molecule has 0 saturated carbocycles. The molecule has 4 N–H and O–H groups in total. The molecule has 1 unspecified atom stereocenters. The molecule has 194 valence electrons. The monoisotopic (exact) mass is 518 g/mol. The molecule has 0 radical (unpaired) electrons. The van der Waals surface area contributed by atoms with Gasteiger partial charge < -0.3 is 15.5 Å². The summed E-state index contributed by atoms with van der Waals surface area (Å²) in [7, 11) is -4.34. The number of nitriles is 1. The van der Waals surface area contributed by atoms with Gasteiger partial charge in [0.15, 0.2) is 0 Å². The van der Waals surface area contributed by atoms with Crippen LogP contribution in [0.1, 0.15) is 38.7 Å². The van der Waals surface area contributed by atoms with Crippen molar-refractivity contribution in [2.45, 2.75) is 62.6 Å².